The number of hydrogen-bond donors (Lipinski definition) is 1. The van der Waals surface area contributed by atoms with Crippen molar-refractivity contribution in [1.82, 2.24) is 4.98 Å². The second-order valence-corrected chi connectivity index (χ2v) is 7.12. The van der Waals surface area contributed by atoms with E-state index in [1.807, 2.05) is 24.3 Å². The molecule has 0 amide bonds. The van der Waals surface area contributed by atoms with E-state index in [1.165, 1.54) is 31.4 Å². The summed E-state index contributed by atoms with van der Waals surface area (Å²) in [6.45, 7) is 0. The number of methoxy groups -OCH3 is 1. The van der Waals surface area contributed by atoms with Gasteiger partial charge in [0.25, 0.3) is 0 Å². The lowest BCUT2D eigenvalue weighted by atomic mass is 10.0. The number of H-pyrrole nitrogens is 1. The van der Waals surface area contributed by atoms with Crippen molar-refractivity contribution in [3.8, 4) is 22.8 Å². The largest absolute Gasteiger partial charge is 0.573 e. The first-order valence-electron chi connectivity index (χ1n) is 9.57. The van der Waals surface area contributed by atoms with Crippen molar-refractivity contribution >= 4 is 10.9 Å². The Morgan fingerprint density at radius 2 is 1.53 bits per heavy atom. The van der Waals surface area contributed by atoms with E-state index in [4.69, 9.17) is 4.74 Å². The molecule has 8 heteroatoms. The average molecular weight is 443 g/mol. The van der Waals surface area contributed by atoms with Crippen LogP contribution in [-0.2, 0) is 6.42 Å². The fraction of sp³-hybridized carbons (Fsp3) is 0.125. The summed E-state index contributed by atoms with van der Waals surface area (Å²) in [5, 5.41) is -0.0670. The van der Waals surface area contributed by atoms with Crippen molar-refractivity contribution in [3.05, 3.63) is 93.9 Å². The summed E-state index contributed by atoms with van der Waals surface area (Å²) in [4.78, 5) is 15.6. The van der Waals surface area contributed by atoms with Gasteiger partial charge in [0, 0.05) is 11.8 Å². The summed E-state index contributed by atoms with van der Waals surface area (Å²) >= 11 is 0. The molecule has 0 aliphatic rings. The van der Waals surface area contributed by atoms with Gasteiger partial charge >= 0.3 is 6.36 Å². The molecule has 3 aromatic carbocycles. The Morgan fingerprint density at radius 1 is 0.906 bits per heavy atom. The van der Waals surface area contributed by atoms with Gasteiger partial charge in [-0.3, -0.25) is 4.79 Å². The Hall–Kier alpha value is -3.81. The molecule has 4 aromatic rings. The van der Waals surface area contributed by atoms with E-state index in [1.54, 1.807) is 18.2 Å². The van der Waals surface area contributed by atoms with Gasteiger partial charge in [-0.05, 0) is 47.4 Å². The average Bonchev–Trinajstić information content (AvgIpc) is 2.74. The van der Waals surface area contributed by atoms with Crippen LogP contribution in [0.4, 0.5) is 17.6 Å². The van der Waals surface area contributed by atoms with E-state index in [0.717, 1.165) is 16.7 Å². The van der Waals surface area contributed by atoms with Crippen LogP contribution in [0.2, 0.25) is 0 Å². The number of ether oxygens (including phenoxy) is 2. The zero-order valence-corrected chi connectivity index (χ0v) is 16.8. The van der Waals surface area contributed by atoms with Crippen molar-refractivity contribution in [2.45, 2.75) is 12.8 Å². The molecule has 0 saturated carbocycles. The molecule has 0 radical (unpaired) electrons. The highest BCUT2D eigenvalue weighted by Gasteiger charge is 2.30. The van der Waals surface area contributed by atoms with E-state index in [-0.39, 0.29) is 16.9 Å². The lowest BCUT2D eigenvalue weighted by molar-refractivity contribution is -0.274. The number of halogens is 4. The first kappa shape index (κ1) is 21.4. The van der Waals surface area contributed by atoms with Crippen molar-refractivity contribution in [3.63, 3.8) is 0 Å². The molecule has 1 N–H and O–H groups in total. The number of alkyl halides is 3. The van der Waals surface area contributed by atoms with Crippen LogP contribution in [0.5, 0.6) is 11.5 Å². The van der Waals surface area contributed by atoms with Crippen LogP contribution in [0.25, 0.3) is 22.2 Å². The molecule has 1 aromatic heterocycles. The maximum atomic E-state index is 14.4. The molecule has 4 rings (SSSR count). The van der Waals surface area contributed by atoms with E-state index >= 15 is 0 Å². The number of hydrogen-bond acceptors (Lipinski definition) is 3. The topological polar surface area (TPSA) is 51.3 Å². The van der Waals surface area contributed by atoms with Crippen molar-refractivity contribution in [1.29, 1.82) is 0 Å². The van der Waals surface area contributed by atoms with Crippen LogP contribution in [0.3, 0.4) is 0 Å². The number of aromatic nitrogens is 1. The standard InChI is InChI=1S/C24H17F4NO3/c1-31-21-11-10-18-22(23(21)25)20(30)13-19(29-18)16-6-2-14(3-7-16)12-15-4-8-17(9-5-15)32-24(26,27)28/h2-11,13H,12H2,1H3,(H,29,30). The van der Waals surface area contributed by atoms with Gasteiger partial charge in [-0.15, -0.1) is 13.2 Å². The number of fused-ring (bicyclic) bond motifs is 1. The summed E-state index contributed by atoms with van der Waals surface area (Å²) in [6.07, 6.45) is -4.22. The molecule has 0 aliphatic heterocycles. The number of benzene rings is 3. The minimum absolute atomic E-state index is 0.00176. The van der Waals surface area contributed by atoms with Crippen molar-refractivity contribution in [2.24, 2.45) is 0 Å². The summed E-state index contributed by atoms with van der Waals surface area (Å²) < 4.78 is 60.0. The Labute approximate surface area is 180 Å². The first-order valence-corrected chi connectivity index (χ1v) is 9.57. The van der Waals surface area contributed by atoms with Gasteiger partial charge in [0.2, 0.25) is 0 Å². The molecule has 0 atom stereocenters. The highest BCUT2D eigenvalue weighted by molar-refractivity contribution is 5.83. The van der Waals surface area contributed by atoms with Crippen LogP contribution in [0, 0.1) is 5.82 Å². The third kappa shape index (κ3) is 4.59. The van der Waals surface area contributed by atoms with Crippen molar-refractivity contribution < 1.29 is 27.0 Å². The summed E-state index contributed by atoms with van der Waals surface area (Å²) in [5.41, 5.74) is 2.91. The molecule has 0 bridgehead atoms. The van der Waals surface area contributed by atoms with Crippen LogP contribution < -0.4 is 14.9 Å². The van der Waals surface area contributed by atoms with Gasteiger partial charge in [-0.2, -0.15) is 0 Å². The van der Waals surface area contributed by atoms with Crippen LogP contribution in [-0.4, -0.2) is 18.5 Å². The van der Waals surface area contributed by atoms with Gasteiger partial charge < -0.3 is 14.5 Å². The third-order valence-electron chi connectivity index (χ3n) is 4.95. The summed E-state index contributed by atoms with van der Waals surface area (Å²) in [5.74, 6) is -0.983. The normalized spacial score (nSPS) is 11.5. The van der Waals surface area contributed by atoms with Crippen molar-refractivity contribution in [2.75, 3.05) is 7.11 Å². The van der Waals surface area contributed by atoms with E-state index in [2.05, 4.69) is 9.72 Å². The highest BCUT2D eigenvalue weighted by atomic mass is 19.4. The lowest BCUT2D eigenvalue weighted by Gasteiger charge is -2.10. The summed E-state index contributed by atoms with van der Waals surface area (Å²) in [6, 6.07) is 17.4. The van der Waals surface area contributed by atoms with E-state index in [0.29, 0.717) is 17.6 Å². The smallest absolute Gasteiger partial charge is 0.494 e. The Bertz CT molecular complexity index is 1310. The van der Waals surface area contributed by atoms with Gasteiger partial charge in [0.15, 0.2) is 17.0 Å². The lowest BCUT2D eigenvalue weighted by Crippen LogP contribution is -2.17. The molecular weight excluding hydrogens is 426 g/mol. The molecule has 0 spiro atoms. The molecule has 4 nitrogen and oxygen atoms in total. The molecule has 0 saturated heterocycles. The van der Waals surface area contributed by atoms with Gasteiger partial charge in [-0.25, -0.2) is 4.39 Å². The van der Waals surface area contributed by atoms with Crippen LogP contribution >= 0.6 is 0 Å². The SMILES string of the molecule is COc1ccc2[nH]c(-c3ccc(Cc4ccc(OC(F)(F)F)cc4)cc3)cc(=O)c2c1F. The Balaban J connectivity index is 1.55. The summed E-state index contributed by atoms with van der Waals surface area (Å²) in [7, 11) is 1.33. The molecule has 0 unspecified atom stereocenters. The number of pyridine rings is 1. The first-order chi connectivity index (χ1) is 15.2. The number of aromatic amines is 1. The molecular formula is C24H17F4NO3. The molecule has 164 valence electrons. The maximum Gasteiger partial charge on any atom is 0.573 e. The maximum absolute atomic E-state index is 14.4. The van der Waals surface area contributed by atoms with E-state index < -0.39 is 17.6 Å². The molecule has 1 heterocycles. The van der Waals surface area contributed by atoms with Gasteiger partial charge in [0.05, 0.1) is 18.0 Å². The molecule has 0 aliphatic carbocycles. The van der Waals surface area contributed by atoms with Gasteiger partial charge in [0.1, 0.15) is 5.75 Å². The van der Waals surface area contributed by atoms with E-state index in [9.17, 15) is 22.4 Å². The Kier molecular flexibility index (Phi) is 5.61. The minimum atomic E-state index is -4.72. The van der Waals surface area contributed by atoms with Gasteiger partial charge in [-0.1, -0.05) is 36.4 Å². The van der Waals surface area contributed by atoms with Crippen LogP contribution in [0.15, 0.2) is 71.5 Å². The monoisotopic (exact) mass is 443 g/mol. The Morgan fingerprint density at radius 3 is 2.12 bits per heavy atom. The minimum Gasteiger partial charge on any atom is -0.494 e. The highest BCUT2D eigenvalue weighted by Crippen LogP contribution is 2.26. The predicted octanol–water partition coefficient (Wildman–Crippen LogP) is 5.83. The molecule has 32 heavy (non-hydrogen) atoms. The fourth-order valence-corrected chi connectivity index (χ4v) is 3.45. The zero-order valence-electron chi connectivity index (χ0n) is 16.8. The number of rotatable bonds is 5. The van der Waals surface area contributed by atoms with Crippen LogP contribution in [0.1, 0.15) is 11.1 Å². The fourth-order valence-electron chi connectivity index (χ4n) is 3.45. The second kappa shape index (κ2) is 8.37. The quantitative estimate of drug-likeness (QED) is 0.395. The third-order valence-corrected chi connectivity index (χ3v) is 4.95. The predicted molar refractivity (Wildman–Crippen MR) is 112 cm³/mol. The molecule has 0 fully saturated rings. The second-order valence-electron chi connectivity index (χ2n) is 7.12. The number of nitrogens with one attached hydrogen (secondary N) is 1. The zero-order chi connectivity index (χ0) is 22.9.